The molecule has 0 aliphatic rings. The Kier molecular flexibility index (Phi) is 10.7. The highest BCUT2D eigenvalue weighted by molar-refractivity contribution is 6.05. The summed E-state index contributed by atoms with van der Waals surface area (Å²) in [5.41, 5.74) is 2.59. The highest BCUT2D eigenvalue weighted by Gasteiger charge is 2.21. The Balaban J connectivity index is 1.34. The molecule has 0 spiro atoms. The molecule has 0 radical (unpaired) electrons. The third-order valence-corrected chi connectivity index (χ3v) is 7.70. The molecule has 0 fully saturated rings. The third kappa shape index (κ3) is 8.14. The molecule has 270 valence electrons. The van der Waals surface area contributed by atoms with Gasteiger partial charge in [0, 0.05) is 46.3 Å². The first-order valence-corrected chi connectivity index (χ1v) is 16.3. The van der Waals surface area contributed by atoms with Gasteiger partial charge in [-0.1, -0.05) is 13.8 Å². The smallest absolute Gasteiger partial charge is 0.310 e. The molecule has 0 aliphatic carbocycles. The number of benzene rings is 4. The van der Waals surface area contributed by atoms with Crippen molar-refractivity contribution in [3.05, 3.63) is 84.4 Å². The van der Waals surface area contributed by atoms with Crippen LogP contribution in [-0.4, -0.2) is 59.6 Å². The maximum absolute atomic E-state index is 13.6. The molecule has 0 saturated carbocycles. The summed E-state index contributed by atoms with van der Waals surface area (Å²) in [6.07, 6.45) is 0.489. The fourth-order valence-electron chi connectivity index (χ4n) is 5.01. The zero-order valence-corrected chi connectivity index (χ0v) is 29.3. The average Bonchev–Trinajstić information content (AvgIpc) is 3.89. The number of nitrogens with one attached hydrogen (secondary N) is 1. The van der Waals surface area contributed by atoms with E-state index in [-0.39, 0.29) is 53.9 Å². The second kappa shape index (κ2) is 15.9. The van der Waals surface area contributed by atoms with Gasteiger partial charge in [0.05, 0.1) is 21.3 Å². The summed E-state index contributed by atoms with van der Waals surface area (Å²) in [4.78, 5) is 37.0. The predicted octanol–water partition coefficient (Wildman–Crippen LogP) is 7.03. The number of hydrogen-bond acceptors (Lipinski definition) is 14. The number of carbonyl (C=O) groups excluding carboxylic acids is 3. The van der Waals surface area contributed by atoms with Crippen molar-refractivity contribution in [2.45, 2.75) is 26.7 Å². The zero-order valence-electron chi connectivity index (χ0n) is 29.3. The Morgan fingerprint density at radius 2 is 0.981 bits per heavy atom. The molecule has 2 heterocycles. The van der Waals surface area contributed by atoms with E-state index in [1.807, 2.05) is 0 Å². The van der Waals surface area contributed by atoms with Gasteiger partial charge in [0.15, 0.2) is 11.5 Å². The molecule has 1 amide bonds. The highest BCUT2D eigenvalue weighted by Crippen LogP contribution is 2.39. The van der Waals surface area contributed by atoms with E-state index in [0.29, 0.717) is 56.7 Å². The van der Waals surface area contributed by atoms with Gasteiger partial charge < -0.3 is 37.8 Å². The molecule has 0 aliphatic heterocycles. The average molecular weight is 720 g/mol. The normalized spacial score (nSPS) is 10.7. The van der Waals surface area contributed by atoms with Gasteiger partial charge in [-0.25, -0.2) is 0 Å². The number of aromatic nitrogens is 4. The van der Waals surface area contributed by atoms with Crippen LogP contribution in [0.25, 0.3) is 45.8 Å². The van der Waals surface area contributed by atoms with Crippen LogP contribution in [0, 0.1) is 0 Å². The van der Waals surface area contributed by atoms with E-state index >= 15 is 0 Å². The second-order valence-corrected chi connectivity index (χ2v) is 11.2. The molecule has 2 aromatic heterocycles. The monoisotopic (exact) mass is 719 g/mol. The van der Waals surface area contributed by atoms with Gasteiger partial charge in [0.25, 0.3) is 5.91 Å². The lowest BCUT2D eigenvalue weighted by Gasteiger charge is -2.14. The van der Waals surface area contributed by atoms with Crippen LogP contribution >= 0.6 is 0 Å². The molecular weight excluding hydrogens is 686 g/mol. The Bertz CT molecular complexity index is 2120. The molecule has 15 nitrogen and oxygen atoms in total. The van der Waals surface area contributed by atoms with Crippen molar-refractivity contribution in [3.8, 4) is 74.6 Å². The van der Waals surface area contributed by atoms with E-state index in [0.717, 1.165) is 0 Å². The largest absolute Gasteiger partial charge is 0.493 e. The SMILES string of the molecule is CCC(=O)Oc1ccc(-c2nnc(-c3cc(NC(=O)c4cc(OC)c(OC)c(OC)c4)cc(-c4nnc(-c5ccc(OC(=O)CC)cc5)o4)c3)o2)cc1. The molecule has 6 rings (SSSR count). The van der Waals surface area contributed by atoms with E-state index in [9.17, 15) is 14.4 Å². The zero-order chi connectivity index (χ0) is 37.5. The fourth-order valence-corrected chi connectivity index (χ4v) is 5.01. The van der Waals surface area contributed by atoms with Crippen molar-refractivity contribution in [3.63, 3.8) is 0 Å². The predicted molar refractivity (Wildman–Crippen MR) is 190 cm³/mol. The summed E-state index contributed by atoms with van der Waals surface area (Å²) in [6, 6.07) is 21.3. The standard InChI is InChI=1S/C38H33N5O10/c1-6-31(44)50-27-12-8-21(9-13-27)35-40-42-37(52-35)24-16-25(38-43-41-36(53-38)22-10-14-28(15-11-22)51-32(45)7-2)18-26(17-24)39-34(46)23-19-29(47-3)33(49-5)30(20-23)48-4/h8-20H,6-7H2,1-5H3,(H,39,46). The van der Waals surface area contributed by atoms with Crippen LogP contribution in [0.15, 0.2) is 87.7 Å². The summed E-state index contributed by atoms with van der Waals surface area (Å²) >= 11 is 0. The number of ether oxygens (including phenoxy) is 5. The quantitative estimate of drug-likeness (QED) is 0.0946. The van der Waals surface area contributed by atoms with Crippen molar-refractivity contribution < 1.29 is 46.9 Å². The topological polar surface area (TPSA) is 187 Å². The number of amides is 1. The number of methoxy groups -OCH3 is 3. The van der Waals surface area contributed by atoms with Crippen LogP contribution in [-0.2, 0) is 9.59 Å². The molecule has 15 heteroatoms. The van der Waals surface area contributed by atoms with Crippen molar-refractivity contribution in [2.75, 3.05) is 26.6 Å². The molecular formula is C38H33N5O10. The van der Waals surface area contributed by atoms with E-state index < -0.39 is 5.91 Å². The van der Waals surface area contributed by atoms with E-state index in [1.165, 1.54) is 33.5 Å². The van der Waals surface area contributed by atoms with Crippen LogP contribution in [0.3, 0.4) is 0 Å². The van der Waals surface area contributed by atoms with Gasteiger partial charge in [-0.3, -0.25) is 14.4 Å². The summed E-state index contributed by atoms with van der Waals surface area (Å²) in [6.45, 7) is 3.42. The molecule has 1 N–H and O–H groups in total. The molecule has 0 saturated heterocycles. The lowest BCUT2D eigenvalue weighted by molar-refractivity contribution is -0.134. The Morgan fingerprint density at radius 1 is 0.566 bits per heavy atom. The van der Waals surface area contributed by atoms with Crippen molar-refractivity contribution in [1.29, 1.82) is 0 Å². The van der Waals surface area contributed by atoms with E-state index in [4.69, 9.17) is 32.5 Å². The number of anilines is 1. The lowest BCUT2D eigenvalue weighted by Crippen LogP contribution is -2.13. The minimum Gasteiger partial charge on any atom is -0.493 e. The van der Waals surface area contributed by atoms with E-state index in [1.54, 1.807) is 80.6 Å². The van der Waals surface area contributed by atoms with Gasteiger partial charge in [-0.15, -0.1) is 20.4 Å². The molecule has 4 aromatic carbocycles. The summed E-state index contributed by atoms with van der Waals surface area (Å²) < 4.78 is 38.8. The van der Waals surface area contributed by atoms with Crippen molar-refractivity contribution >= 4 is 23.5 Å². The molecule has 53 heavy (non-hydrogen) atoms. The van der Waals surface area contributed by atoms with E-state index in [2.05, 4.69) is 25.7 Å². The number of esters is 2. The van der Waals surface area contributed by atoms with Gasteiger partial charge in [0.1, 0.15) is 11.5 Å². The summed E-state index contributed by atoms with van der Waals surface area (Å²) in [7, 11) is 4.38. The number of rotatable bonds is 13. The number of nitrogens with zero attached hydrogens (tertiary/aromatic N) is 4. The van der Waals surface area contributed by atoms with Crippen LogP contribution in [0.5, 0.6) is 28.7 Å². The van der Waals surface area contributed by atoms with Crippen molar-refractivity contribution in [1.82, 2.24) is 20.4 Å². The number of hydrogen-bond donors (Lipinski definition) is 1. The Labute approximate surface area is 302 Å². The highest BCUT2D eigenvalue weighted by atomic mass is 16.5. The minimum absolute atomic E-state index is 0.128. The van der Waals surface area contributed by atoms with Crippen LogP contribution in [0.4, 0.5) is 5.69 Å². The van der Waals surface area contributed by atoms with Crippen LogP contribution in [0.1, 0.15) is 37.0 Å². The fraction of sp³-hybridized carbons (Fsp3) is 0.184. The second-order valence-electron chi connectivity index (χ2n) is 11.2. The minimum atomic E-state index is -0.488. The first-order chi connectivity index (χ1) is 25.7. The molecule has 0 unspecified atom stereocenters. The van der Waals surface area contributed by atoms with Crippen LogP contribution < -0.4 is 29.0 Å². The van der Waals surface area contributed by atoms with Gasteiger partial charge >= 0.3 is 11.9 Å². The molecule has 6 aromatic rings. The van der Waals surface area contributed by atoms with Gasteiger partial charge in [-0.2, -0.15) is 0 Å². The molecule has 0 atom stereocenters. The van der Waals surface area contributed by atoms with Gasteiger partial charge in [0.2, 0.25) is 29.3 Å². The Hall–Kier alpha value is -7.03. The third-order valence-electron chi connectivity index (χ3n) is 7.70. The summed E-state index contributed by atoms with van der Waals surface area (Å²) in [5.74, 6) is 1.18. The lowest BCUT2D eigenvalue weighted by atomic mass is 10.1. The maximum Gasteiger partial charge on any atom is 0.310 e. The van der Waals surface area contributed by atoms with Crippen molar-refractivity contribution in [2.24, 2.45) is 0 Å². The Morgan fingerprint density at radius 3 is 1.36 bits per heavy atom. The maximum atomic E-state index is 13.6. The molecule has 0 bridgehead atoms. The number of carbonyl (C=O) groups is 3. The summed E-state index contributed by atoms with van der Waals surface area (Å²) in [5, 5.41) is 19.8. The van der Waals surface area contributed by atoms with Crippen LogP contribution in [0.2, 0.25) is 0 Å². The van der Waals surface area contributed by atoms with Gasteiger partial charge in [-0.05, 0) is 78.9 Å². The first-order valence-electron chi connectivity index (χ1n) is 16.3. The first kappa shape index (κ1) is 35.8.